The van der Waals surface area contributed by atoms with E-state index in [9.17, 15) is 9.59 Å². The first-order valence-corrected chi connectivity index (χ1v) is 11.5. The second-order valence-corrected chi connectivity index (χ2v) is 9.51. The van der Waals surface area contributed by atoms with Crippen LogP contribution in [-0.4, -0.2) is 71.1 Å². The number of piperazine rings is 1. The molecule has 1 aromatic carbocycles. The topological polar surface area (TPSA) is 84.9 Å². The summed E-state index contributed by atoms with van der Waals surface area (Å²) in [5.74, 6) is -0.432. The molecule has 2 atom stereocenters. The van der Waals surface area contributed by atoms with Gasteiger partial charge in [-0.2, -0.15) is 0 Å². The van der Waals surface area contributed by atoms with Gasteiger partial charge in [0.05, 0.1) is 30.3 Å². The van der Waals surface area contributed by atoms with E-state index in [4.69, 9.17) is 9.47 Å². The number of carbonyl (C=O) groups excluding carboxylic acids is 2. The molecule has 1 amide bonds. The highest BCUT2D eigenvalue weighted by Crippen LogP contribution is 2.32. The second kappa shape index (κ2) is 8.90. The number of benzene rings is 1. The van der Waals surface area contributed by atoms with Crippen molar-refractivity contribution in [3.05, 3.63) is 23.9 Å². The van der Waals surface area contributed by atoms with E-state index in [0.717, 1.165) is 11.1 Å². The van der Waals surface area contributed by atoms with E-state index in [1.54, 1.807) is 17.2 Å². The van der Waals surface area contributed by atoms with Crippen molar-refractivity contribution in [3.8, 4) is 0 Å². The number of hydrogen-bond donors (Lipinski definition) is 0. The third-order valence-electron chi connectivity index (χ3n) is 5.16. The van der Waals surface area contributed by atoms with Crippen LogP contribution in [-0.2, 0) is 9.47 Å². The first-order chi connectivity index (χ1) is 14.6. The lowest BCUT2D eigenvalue weighted by molar-refractivity contribution is 0.00566. The van der Waals surface area contributed by atoms with Gasteiger partial charge >= 0.3 is 12.1 Å². The molecule has 0 aliphatic carbocycles. The Morgan fingerprint density at radius 3 is 2.35 bits per heavy atom. The van der Waals surface area contributed by atoms with Crippen molar-refractivity contribution in [2.45, 2.75) is 57.5 Å². The zero-order valence-corrected chi connectivity index (χ0v) is 19.9. The average Bonchev–Trinajstić information content (AvgIpc) is 2.70. The molecule has 3 rings (SSSR count). The Kier molecular flexibility index (Phi) is 6.64. The number of carbonyl (C=O) groups is 2. The number of amides is 1. The zero-order chi connectivity index (χ0) is 22.9. The van der Waals surface area contributed by atoms with E-state index >= 15 is 0 Å². The molecule has 8 nitrogen and oxygen atoms in total. The number of thioether (sulfide) groups is 1. The van der Waals surface area contributed by atoms with E-state index in [1.165, 1.54) is 18.9 Å². The van der Waals surface area contributed by atoms with E-state index in [1.807, 2.05) is 46.9 Å². The van der Waals surface area contributed by atoms with Crippen LogP contribution >= 0.6 is 11.8 Å². The molecule has 1 aliphatic heterocycles. The van der Waals surface area contributed by atoms with Crippen LogP contribution < -0.4 is 4.90 Å². The maximum atomic E-state index is 12.7. The minimum Gasteiger partial charge on any atom is -0.465 e. The SMILES string of the molecule is COC(=O)c1ccc(N2C[C@@H](C)N(C(=O)OC(C)(C)C)[C@@H](C)C2)c2cnc(SC)nc12. The number of anilines is 1. The molecular formula is C22H30N4O4S. The standard InChI is InChI=1S/C22H30N4O4S/c1-13-11-25(12-14(2)26(13)21(28)30-22(3,4)5)17-9-8-15(19(27)29-6)18-16(17)10-23-20(24-18)31-7/h8-10,13-14H,11-12H2,1-7H3/t13-,14+. The molecule has 1 saturated heterocycles. The van der Waals surface area contributed by atoms with Crippen molar-refractivity contribution in [2.75, 3.05) is 31.4 Å². The summed E-state index contributed by atoms with van der Waals surface area (Å²) in [7, 11) is 1.36. The minimum atomic E-state index is -0.542. The first-order valence-electron chi connectivity index (χ1n) is 10.2. The van der Waals surface area contributed by atoms with Crippen LogP contribution in [0.2, 0.25) is 0 Å². The third-order valence-corrected chi connectivity index (χ3v) is 5.72. The Bertz CT molecular complexity index is 979. The Morgan fingerprint density at radius 1 is 1.16 bits per heavy atom. The highest BCUT2D eigenvalue weighted by atomic mass is 32.2. The summed E-state index contributed by atoms with van der Waals surface area (Å²) < 4.78 is 10.5. The van der Waals surface area contributed by atoms with Crippen molar-refractivity contribution >= 4 is 40.4 Å². The van der Waals surface area contributed by atoms with Gasteiger partial charge in [-0.3, -0.25) is 4.90 Å². The van der Waals surface area contributed by atoms with E-state index in [-0.39, 0.29) is 18.2 Å². The third kappa shape index (κ3) is 4.87. The normalized spacial score (nSPS) is 19.5. The van der Waals surface area contributed by atoms with E-state index in [2.05, 4.69) is 14.9 Å². The Balaban J connectivity index is 1.96. The molecule has 2 heterocycles. The van der Waals surface area contributed by atoms with Gasteiger partial charge < -0.3 is 14.4 Å². The van der Waals surface area contributed by atoms with Crippen molar-refractivity contribution < 1.29 is 19.1 Å². The lowest BCUT2D eigenvalue weighted by atomic mass is 10.0. The molecule has 0 radical (unpaired) electrons. The molecule has 1 fully saturated rings. The highest BCUT2D eigenvalue weighted by molar-refractivity contribution is 7.98. The quantitative estimate of drug-likeness (QED) is 0.398. The molecule has 1 aliphatic rings. The first kappa shape index (κ1) is 23.1. The largest absolute Gasteiger partial charge is 0.465 e. The molecular weight excluding hydrogens is 416 g/mol. The number of nitrogens with zero attached hydrogens (tertiary/aromatic N) is 4. The van der Waals surface area contributed by atoms with Crippen LogP contribution in [0.15, 0.2) is 23.5 Å². The fraction of sp³-hybridized carbons (Fsp3) is 0.545. The summed E-state index contributed by atoms with van der Waals surface area (Å²) in [5, 5.41) is 1.37. The number of fused-ring (bicyclic) bond motifs is 1. The van der Waals surface area contributed by atoms with Crippen LogP contribution in [0, 0.1) is 0 Å². The van der Waals surface area contributed by atoms with Crippen LogP contribution in [0.1, 0.15) is 45.0 Å². The van der Waals surface area contributed by atoms with Gasteiger partial charge in [0, 0.05) is 30.4 Å². The predicted octanol–water partition coefficient (Wildman–Crippen LogP) is 3.97. The van der Waals surface area contributed by atoms with Crippen molar-refractivity contribution in [1.29, 1.82) is 0 Å². The summed E-state index contributed by atoms with van der Waals surface area (Å²) in [6.07, 6.45) is 3.35. The van der Waals surface area contributed by atoms with Crippen LogP contribution in [0.3, 0.4) is 0 Å². The van der Waals surface area contributed by atoms with Crippen molar-refractivity contribution in [1.82, 2.24) is 14.9 Å². The van der Waals surface area contributed by atoms with Crippen LogP contribution in [0.5, 0.6) is 0 Å². The molecule has 0 saturated carbocycles. The van der Waals surface area contributed by atoms with E-state index < -0.39 is 11.6 Å². The van der Waals surface area contributed by atoms with Crippen LogP contribution in [0.25, 0.3) is 10.9 Å². The Morgan fingerprint density at radius 2 is 1.81 bits per heavy atom. The van der Waals surface area contributed by atoms with Gasteiger partial charge in [-0.25, -0.2) is 19.6 Å². The lowest BCUT2D eigenvalue weighted by Gasteiger charge is -2.45. The fourth-order valence-electron chi connectivity index (χ4n) is 3.93. The molecule has 0 spiro atoms. The summed E-state index contributed by atoms with van der Waals surface area (Å²) in [6, 6.07) is 3.54. The number of methoxy groups -OCH3 is 1. The molecule has 9 heteroatoms. The predicted molar refractivity (Wildman–Crippen MR) is 122 cm³/mol. The zero-order valence-electron chi connectivity index (χ0n) is 19.1. The summed E-state index contributed by atoms with van der Waals surface area (Å²) >= 11 is 1.42. The number of esters is 1. The lowest BCUT2D eigenvalue weighted by Crippen LogP contribution is -2.59. The fourth-order valence-corrected chi connectivity index (χ4v) is 4.27. The highest BCUT2D eigenvalue weighted by Gasteiger charge is 2.36. The van der Waals surface area contributed by atoms with Crippen molar-refractivity contribution in [2.24, 2.45) is 0 Å². The van der Waals surface area contributed by atoms with E-state index in [0.29, 0.717) is 29.3 Å². The Labute approximate surface area is 187 Å². The molecule has 0 N–H and O–H groups in total. The van der Waals surface area contributed by atoms with Crippen LogP contribution in [0.4, 0.5) is 10.5 Å². The second-order valence-electron chi connectivity index (χ2n) is 8.73. The maximum Gasteiger partial charge on any atom is 0.410 e. The maximum absolute atomic E-state index is 12.7. The van der Waals surface area contributed by atoms with Gasteiger partial charge in [0.25, 0.3) is 0 Å². The summed E-state index contributed by atoms with van der Waals surface area (Å²) in [5.41, 5.74) is 1.36. The molecule has 2 aromatic rings. The molecule has 0 unspecified atom stereocenters. The van der Waals surface area contributed by atoms with Gasteiger partial charge in [-0.05, 0) is 53.0 Å². The molecule has 1 aromatic heterocycles. The monoisotopic (exact) mass is 446 g/mol. The average molecular weight is 447 g/mol. The molecule has 0 bridgehead atoms. The van der Waals surface area contributed by atoms with Gasteiger partial charge in [-0.15, -0.1) is 0 Å². The van der Waals surface area contributed by atoms with Crippen molar-refractivity contribution in [3.63, 3.8) is 0 Å². The minimum absolute atomic E-state index is 0.0553. The Hall–Kier alpha value is -2.55. The number of rotatable bonds is 3. The number of hydrogen-bond acceptors (Lipinski definition) is 8. The summed E-state index contributed by atoms with van der Waals surface area (Å²) in [6.45, 7) is 10.9. The van der Waals surface area contributed by atoms with Gasteiger partial charge in [0.15, 0.2) is 5.16 Å². The van der Waals surface area contributed by atoms with Gasteiger partial charge in [0.2, 0.25) is 0 Å². The molecule has 31 heavy (non-hydrogen) atoms. The summed E-state index contributed by atoms with van der Waals surface area (Å²) in [4.78, 5) is 38.0. The number of ether oxygens (including phenoxy) is 2. The van der Waals surface area contributed by atoms with Gasteiger partial charge in [-0.1, -0.05) is 11.8 Å². The smallest absolute Gasteiger partial charge is 0.410 e. The molecule has 168 valence electrons. The van der Waals surface area contributed by atoms with Gasteiger partial charge in [0.1, 0.15) is 5.60 Å². The number of aromatic nitrogens is 2.